The van der Waals surface area contributed by atoms with Crippen LogP contribution in [0.5, 0.6) is 0 Å². The van der Waals surface area contributed by atoms with Crippen LogP contribution >= 0.6 is 0 Å². The summed E-state index contributed by atoms with van der Waals surface area (Å²) in [6.07, 6.45) is 1.09. The van der Waals surface area contributed by atoms with Gasteiger partial charge in [-0.2, -0.15) is 10.2 Å². The average molecular weight is 399 g/mol. The first-order valence-electron chi connectivity index (χ1n) is 9.81. The maximum absolute atomic E-state index is 12.4. The summed E-state index contributed by atoms with van der Waals surface area (Å²) in [4.78, 5) is 14.6. The predicted octanol–water partition coefficient (Wildman–Crippen LogP) is 5.77. The number of amides is 1. The van der Waals surface area contributed by atoms with E-state index < -0.39 is 0 Å². The summed E-state index contributed by atoms with van der Waals surface area (Å²) in [5, 5.41) is 11.3. The molecular formula is C24H25N5O. The standard InChI is InChI=1S/C24H25N5O/c1-4-17(2)29(3)21-15-13-20(14-16-21)28-27-19-11-9-18(10-12-19)24(30)26-23-8-6-5-7-22(23)25/h7-17H,4,25H2,1-3H3,(H,26,30)/b28-27+. The minimum atomic E-state index is -0.259. The Kier molecular flexibility index (Phi) is 6.66. The van der Waals surface area contributed by atoms with Gasteiger partial charge in [0.25, 0.3) is 5.91 Å². The van der Waals surface area contributed by atoms with Gasteiger partial charge >= 0.3 is 0 Å². The Labute approximate surface area is 177 Å². The molecule has 0 aliphatic heterocycles. The van der Waals surface area contributed by atoms with Gasteiger partial charge in [-0.25, -0.2) is 0 Å². The maximum Gasteiger partial charge on any atom is 0.255 e. The van der Waals surface area contributed by atoms with Gasteiger partial charge in [-0.05, 0) is 61.9 Å². The van der Waals surface area contributed by atoms with Crippen molar-refractivity contribution >= 4 is 34.3 Å². The van der Waals surface area contributed by atoms with Gasteiger partial charge in [0, 0.05) is 36.5 Å². The zero-order valence-corrected chi connectivity index (χ0v) is 17.4. The molecule has 1 unspecified atom stereocenters. The van der Waals surface area contributed by atoms with Crippen molar-refractivity contribution in [1.82, 2.24) is 0 Å². The summed E-state index contributed by atoms with van der Waals surface area (Å²) in [6.45, 7) is 4.37. The largest absolute Gasteiger partial charge is 0.397 e. The van der Waals surface area contributed by atoms with E-state index in [0.717, 1.165) is 17.8 Å². The van der Waals surface area contributed by atoms with Crippen molar-refractivity contribution in [3.05, 3.63) is 78.4 Å². The van der Waals surface area contributed by atoms with Crippen LogP contribution in [0.2, 0.25) is 0 Å². The first-order chi connectivity index (χ1) is 14.5. The van der Waals surface area contributed by atoms with Gasteiger partial charge in [0.2, 0.25) is 0 Å². The van der Waals surface area contributed by atoms with Crippen LogP contribution < -0.4 is 16.0 Å². The SMILES string of the molecule is CCC(C)N(C)c1ccc(/N=N/c2ccc(C(=O)Nc3cc#ccc3N)cc2)cc1. The fraction of sp³-hybridized carbons (Fsp3) is 0.208. The number of carbonyl (C=O) groups excluding carboxylic acids is 1. The number of nitrogen functional groups attached to an aromatic ring is 1. The van der Waals surface area contributed by atoms with Gasteiger partial charge in [-0.15, -0.1) is 0 Å². The van der Waals surface area contributed by atoms with Gasteiger partial charge in [-0.1, -0.05) is 19.1 Å². The van der Waals surface area contributed by atoms with Gasteiger partial charge in [-0.3, -0.25) is 4.79 Å². The van der Waals surface area contributed by atoms with Crippen molar-refractivity contribution < 1.29 is 4.79 Å². The Balaban J connectivity index is 1.63. The zero-order valence-electron chi connectivity index (χ0n) is 17.4. The topological polar surface area (TPSA) is 83.1 Å². The Hall–Kier alpha value is -3.85. The number of nitrogens with two attached hydrogens (primary N) is 1. The van der Waals surface area contributed by atoms with E-state index in [-0.39, 0.29) is 5.91 Å². The molecule has 0 spiro atoms. The molecule has 152 valence electrons. The highest BCUT2D eigenvalue weighted by Crippen LogP contribution is 2.24. The normalized spacial score (nSPS) is 11.7. The molecule has 0 aliphatic carbocycles. The van der Waals surface area contributed by atoms with Crippen LogP contribution in [-0.2, 0) is 0 Å². The molecule has 0 heterocycles. The number of hydrogen-bond acceptors (Lipinski definition) is 5. The molecule has 0 radical (unpaired) electrons. The van der Waals surface area contributed by atoms with Crippen molar-refractivity contribution in [2.45, 2.75) is 26.3 Å². The number of carbonyl (C=O) groups is 1. The number of hydrogen-bond donors (Lipinski definition) is 2. The quantitative estimate of drug-likeness (QED) is 0.495. The highest BCUT2D eigenvalue weighted by Gasteiger charge is 2.08. The van der Waals surface area contributed by atoms with Crippen LogP contribution in [0.4, 0.5) is 28.4 Å². The van der Waals surface area contributed by atoms with Crippen LogP contribution in [0.1, 0.15) is 30.6 Å². The van der Waals surface area contributed by atoms with E-state index in [1.54, 1.807) is 36.4 Å². The zero-order chi connectivity index (χ0) is 21.5. The van der Waals surface area contributed by atoms with Crippen LogP contribution in [0, 0.1) is 12.1 Å². The third-order valence-electron chi connectivity index (χ3n) is 5.01. The molecule has 6 heteroatoms. The molecule has 3 rings (SSSR count). The lowest BCUT2D eigenvalue weighted by atomic mass is 10.2. The molecule has 3 aromatic rings. The van der Waals surface area contributed by atoms with Crippen molar-refractivity contribution in [3.63, 3.8) is 0 Å². The summed E-state index contributed by atoms with van der Waals surface area (Å²) >= 11 is 0. The molecule has 1 amide bonds. The number of azo groups is 1. The molecule has 0 fully saturated rings. The number of anilines is 3. The van der Waals surface area contributed by atoms with Gasteiger partial charge in [0.1, 0.15) is 0 Å². The number of benzene rings is 2. The van der Waals surface area contributed by atoms with E-state index in [2.05, 4.69) is 53.5 Å². The molecule has 0 saturated carbocycles. The van der Waals surface area contributed by atoms with Crippen molar-refractivity contribution in [3.8, 4) is 0 Å². The molecule has 30 heavy (non-hydrogen) atoms. The Bertz CT molecular complexity index is 1010. The fourth-order valence-corrected chi connectivity index (χ4v) is 2.77. The second kappa shape index (κ2) is 9.57. The number of rotatable bonds is 7. The van der Waals surface area contributed by atoms with E-state index in [9.17, 15) is 4.79 Å². The molecule has 0 aliphatic rings. The summed E-state index contributed by atoms with van der Waals surface area (Å²) < 4.78 is 0. The lowest BCUT2D eigenvalue weighted by molar-refractivity contribution is 0.102. The second-order valence-corrected chi connectivity index (χ2v) is 7.03. The van der Waals surface area contributed by atoms with Crippen LogP contribution in [0.25, 0.3) is 0 Å². The molecule has 3 N–H and O–H groups in total. The van der Waals surface area contributed by atoms with Gasteiger partial charge < -0.3 is 16.0 Å². The van der Waals surface area contributed by atoms with Crippen molar-refractivity contribution in [2.75, 3.05) is 23.0 Å². The molecular weight excluding hydrogens is 374 g/mol. The third kappa shape index (κ3) is 5.15. The molecule has 0 saturated heterocycles. The molecule has 6 nitrogen and oxygen atoms in total. The summed E-state index contributed by atoms with van der Waals surface area (Å²) in [5.74, 6) is -0.259. The summed E-state index contributed by atoms with van der Waals surface area (Å²) in [5.41, 5.74) is 9.84. The second-order valence-electron chi connectivity index (χ2n) is 7.03. The first kappa shape index (κ1) is 20.9. The molecule has 0 aromatic heterocycles. The van der Waals surface area contributed by atoms with Crippen molar-refractivity contribution in [1.29, 1.82) is 0 Å². The highest BCUT2D eigenvalue weighted by molar-refractivity contribution is 6.05. The lowest BCUT2D eigenvalue weighted by Crippen LogP contribution is -2.27. The van der Waals surface area contributed by atoms with Gasteiger partial charge in [0.15, 0.2) is 0 Å². The van der Waals surface area contributed by atoms with Crippen LogP contribution in [0.15, 0.2) is 70.9 Å². The van der Waals surface area contributed by atoms with Crippen LogP contribution in [-0.4, -0.2) is 19.0 Å². The Morgan fingerprint density at radius 3 is 2.17 bits per heavy atom. The van der Waals surface area contributed by atoms with Gasteiger partial charge in [0.05, 0.1) is 22.7 Å². The molecule has 0 bridgehead atoms. The number of nitrogens with zero attached hydrogens (tertiary/aromatic N) is 3. The molecule has 1 atom stereocenters. The average Bonchev–Trinajstić information content (AvgIpc) is 2.78. The monoisotopic (exact) mass is 399 g/mol. The van der Waals surface area contributed by atoms with Crippen molar-refractivity contribution in [2.24, 2.45) is 10.2 Å². The smallest absolute Gasteiger partial charge is 0.255 e. The first-order valence-corrected chi connectivity index (χ1v) is 9.81. The lowest BCUT2D eigenvalue weighted by Gasteiger charge is -2.25. The van der Waals surface area contributed by atoms with E-state index in [1.807, 2.05) is 24.3 Å². The van der Waals surface area contributed by atoms with E-state index in [0.29, 0.717) is 28.7 Å². The maximum atomic E-state index is 12.4. The van der Waals surface area contributed by atoms with E-state index in [1.165, 1.54) is 0 Å². The summed E-state index contributed by atoms with van der Waals surface area (Å²) in [6, 6.07) is 24.0. The molecule has 3 aromatic carbocycles. The highest BCUT2D eigenvalue weighted by atomic mass is 16.1. The minimum Gasteiger partial charge on any atom is -0.397 e. The number of nitrogens with one attached hydrogen (secondary N) is 1. The predicted molar refractivity (Wildman–Crippen MR) is 122 cm³/mol. The van der Waals surface area contributed by atoms with E-state index in [4.69, 9.17) is 5.73 Å². The van der Waals surface area contributed by atoms with E-state index >= 15 is 0 Å². The Morgan fingerprint density at radius 2 is 1.60 bits per heavy atom. The Morgan fingerprint density at radius 1 is 1.03 bits per heavy atom. The fourth-order valence-electron chi connectivity index (χ4n) is 2.77. The van der Waals surface area contributed by atoms with Crippen LogP contribution in [0.3, 0.4) is 0 Å². The minimum absolute atomic E-state index is 0.259. The third-order valence-corrected chi connectivity index (χ3v) is 5.01. The summed E-state index contributed by atoms with van der Waals surface area (Å²) in [7, 11) is 2.09.